The minimum Gasteiger partial charge on any atom is -0.350 e. The average Bonchev–Trinajstić information content (AvgIpc) is 3.10. The first kappa shape index (κ1) is 16.7. The Kier molecular flexibility index (Phi) is 4.90. The van der Waals surface area contributed by atoms with Crippen molar-refractivity contribution in [2.75, 3.05) is 6.61 Å². The lowest BCUT2D eigenvalue weighted by atomic mass is 10.1. The SMILES string of the molecule is O=C(NOC1CCCCO1)c1ccc(Cn2nnc3ccccc32)cc1. The van der Waals surface area contributed by atoms with Gasteiger partial charge in [0.15, 0.2) is 6.29 Å². The van der Waals surface area contributed by atoms with Crippen LogP contribution in [-0.2, 0) is 16.1 Å². The van der Waals surface area contributed by atoms with E-state index in [9.17, 15) is 4.79 Å². The lowest BCUT2D eigenvalue weighted by Gasteiger charge is -2.22. The molecule has 1 saturated heterocycles. The molecule has 1 aromatic heterocycles. The smallest absolute Gasteiger partial charge is 0.274 e. The molecule has 26 heavy (non-hydrogen) atoms. The molecule has 7 heteroatoms. The van der Waals surface area contributed by atoms with Crippen LogP contribution in [0.15, 0.2) is 48.5 Å². The number of amides is 1. The Hall–Kier alpha value is -2.77. The zero-order chi connectivity index (χ0) is 17.8. The Morgan fingerprint density at radius 2 is 2.04 bits per heavy atom. The molecule has 0 saturated carbocycles. The Morgan fingerprint density at radius 3 is 2.85 bits per heavy atom. The number of hydrogen-bond acceptors (Lipinski definition) is 5. The summed E-state index contributed by atoms with van der Waals surface area (Å²) < 4.78 is 7.27. The van der Waals surface area contributed by atoms with Gasteiger partial charge in [0.1, 0.15) is 5.52 Å². The molecule has 2 aromatic carbocycles. The molecule has 1 N–H and O–H groups in total. The van der Waals surface area contributed by atoms with Gasteiger partial charge >= 0.3 is 0 Å². The maximum absolute atomic E-state index is 12.2. The van der Waals surface area contributed by atoms with E-state index >= 15 is 0 Å². The maximum Gasteiger partial charge on any atom is 0.274 e. The van der Waals surface area contributed by atoms with Crippen LogP contribution in [0.5, 0.6) is 0 Å². The minimum atomic E-state index is -0.354. The van der Waals surface area contributed by atoms with E-state index in [-0.39, 0.29) is 12.2 Å². The predicted molar refractivity (Wildman–Crippen MR) is 95.2 cm³/mol. The van der Waals surface area contributed by atoms with Crippen LogP contribution in [-0.4, -0.2) is 33.8 Å². The van der Waals surface area contributed by atoms with Gasteiger partial charge < -0.3 is 4.74 Å². The maximum atomic E-state index is 12.2. The molecule has 0 aliphatic carbocycles. The molecule has 7 nitrogen and oxygen atoms in total. The van der Waals surface area contributed by atoms with E-state index in [1.165, 1.54) is 0 Å². The van der Waals surface area contributed by atoms with Crippen molar-refractivity contribution in [1.82, 2.24) is 20.5 Å². The van der Waals surface area contributed by atoms with Crippen molar-refractivity contribution in [2.45, 2.75) is 32.1 Å². The van der Waals surface area contributed by atoms with Gasteiger partial charge in [-0.25, -0.2) is 15.0 Å². The van der Waals surface area contributed by atoms with Gasteiger partial charge in [-0.15, -0.1) is 5.10 Å². The zero-order valence-corrected chi connectivity index (χ0v) is 14.3. The highest BCUT2D eigenvalue weighted by Crippen LogP contribution is 2.14. The lowest BCUT2D eigenvalue weighted by molar-refractivity contribution is -0.186. The third-order valence-electron chi connectivity index (χ3n) is 4.39. The van der Waals surface area contributed by atoms with Gasteiger partial charge in [0.25, 0.3) is 5.91 Å². The van der Waals surface area contributed by atoms with Crippen LogP contribution in [0.2, 0.25) is 0 Å². The Bertz CT molecular complexity index is 885. The zero-order valence-electron chi connectivity index (χ0n) is 14.3. The number of para-hydroxylation sites is 1. The second-order valence-electron chi connectivity index (χ2n) is 6.28. The van der Waals surface area contributed by atoms with E-state index in [1.54, 1.807) is 12.1 Å². The number of nitrogens with zero attached hydrogens (tertiary/aromatic N) is 3. The van der Waals surface area contributed by atoms with Crippen molar-refractivity contribution >= 4 is 16.9 Å². The number of fused-ring (bicyclic) bond motifs is 1. The van der Waals surface area contributed by atoms with Crippen LogP contribution < -0.4 is 5.48 Å². The molecule has 1 aliphatic heterocycles. The molecule has 4 rings (SSSR count). The largest absolute Gasteiger partial charge is 0.350 e. The number of hydroxylamine groups is 1. The summed E-state index contributed by atoms with van der Waals surface area (Å²) in [5.74, 6) is -0.281. The summed E-state index contributed by atoms with van der Waals surface area (Å²) >= 11 is 0. The van der Waals surface area contributed by atoms with Crippen molar-refractivity contribution in [3.63, 3.8) is 0 Å². The van der Waals surface area contributed by atoms with E-state index in [0.717, 1.165) is 35.9 Å². The van der Waals surface area contributed by atoms with E-state index < -0.39 is 0 Å². The Balaban J connectivity index is 1.37. The summed E-state index contributed by atoms with van der Waals surface area (Å²) in [4.78, 5) is 17.5. The fourth-order valence-electron chi connectivity index (χ4n) is 2.95. The summed E-state index contributed by atoms with van der Waals surface area (Å²) in [6.45, 7) is 1.26. The molecule has 0 spiro atoms. The molecule has 0 radical (unpaired) electrons. The molecule has 2 heterocycles. The van der Waals surface area contributed by atoms with Gasteiger partial charge in [-0.3, -0.25) is 4.79 Å². The van der Waals surface area contributed by atoms with Crippen LogP contribution in [0.25, 0.3) is 11.0 Å². The topological polar surface area (TPSA) is 78.3 Å². The number of nitrogens with one attached hydrogen (secondary N) is 1. The van der Waals surface area contributed by atoms with Gasteiger partial charge in [-0.05, 0) is 42.7 Å². The number of carbonyl (C=O) groups is 1. The fourth-order valence-corrected chi connectivity index (χ4v) is 2.95. The summed E-state index contributed by atoms with van der Waals surface area (Å²) in [5, 5.41) is 8.33. The molecule has 1 amide bonds. The monoisotopic (exact) mass is 352 g/mol. The number of hydrogen-bond donors (Lipinski definition) is 1. The van der Waals surface area contributed by atoms with E-state index in [0.29, 0.717) is 18.7 Å². The van der Waals surface area contributed by atoms with E-state index in [4.69, 9.17) is 9.57 Å². The van der Waals surface area contributed by atoms with Gasteiger partial charge in [0.2, 0.25) is 0 Å². The summed E-state index contributed by atoms with van der Waals surface area (Å²) in [6.07, 6.45) is 2.53. The molecule has 134 valence electrons. The molecule has 1 aliphatic rings. The quantitative estimate of drug-likeness (QED) is 0.714. The average molecular weight is 352 g/mol. The molecular formula is C19H20N4O3. The third-order valence-corrected chi connectivity index (χ3v) is 4.39. The van der Waals surface area contributed by atoms with Crippen molar-refractivity contribution in [3.8, 4) is 0 Å². The molecule has 1 unspecified atom stereocenters. The second kappa shape index (κ2) is 7.63. The molecule has 1 fully saturated rings. The second-order valence-corrected chi connectivity index (χ2v) is 6.28. The number of ether oxygens (including phenoxy) is 1. The normalized spacial score (nSPS) is 17.3. The number of aromatic nitrogens is 3. The highest BCUT2D eigenvalue weighted by molar-refractivity contribution is 5.93. The lowest BCUT2D eigenvalue weighted by Crippen LogP contribution is -2.33. The van der Waals surface area contributed by atoms with E-state index in [1.807, 2.05) is 41.1 Å². The van der Waals surface area contributed by atoms with Gasteiger partial charge in [0, 0.05) is 18.6 Å². The number of rotatable bonds is 5. The van der Waals surface area contributed by atoms with E-state index in [2.05, 4.69) is 15.8 Å². The number of carbonyl (C=O) groups excluding carboxylic acids is 1. The van der Waals surface area contributed by atoms with Crippen LogP contribution >= 0.6 is 0 Å². The van der Waals surface area contributed by atoms with Crippen molar-refractivity contribution in [1.29, 1.82) is 0 Å². The van der Waals surface area contributed by atoms with Crippen LogP contribution in [0, 0.1) is 0 Å². The summed E-state index contributed by atoms with van der Waals surface area (Å²) in [5.41, 5.74) is 5.89. The third kappa shape index (κ3) is 3.74. The summed E-state index contributed by atoms with van der Waals surface area (Å²) in [6, 6.07) is 15.2. The minimum absolute atomic E-state index is 0.281. The van der Waals surface area contributed by atoms with Crippen molar-refractivity contribution in [3.05, 3.63) is 59.7 Å². The van der Waals surface area contributed by atoms with Crippen LogP contribution in [0.3, 0.4) is 0 Å². The Labute approximate surface area is 150 Å². The van der Waals surface area contributed by atoms with Crippen molar-refractivity contribution < 1.29 is 14.4 Å². The highest BCUT2D eigenvalue weighted by Gasteiger charge is 2.16. The van der Waals surface area contributed by atoms with Crippen molar-refractivity contribution in [2.24, 2.45) is 0 Å². The van der Waals surface area contributed by atoms with Crippen LogP contribution in [0.4, 0.5) is 0 Å². The first-order valence-corrected chi connectivity index (χ1v) is 8.74. The van der Waals surface area contributed by atoms with Gasteiger partial charge in [0.05, 0.1) is 12.1 Å². The summed E-state index contributed by atoms with van der Waals surface area (Å²) in [7, 11) is 0. The predicted octanol–water partition coefficient (Wildman–Crippen LogP) is 2.67. The van der Waals surface area contributed by atoms with Crippen LogP contribution in [0.1, 0.15) is 35.2 Å². The van der Waals surface area contributed by atoms with Gasteiger partial charge in [-0.1, -0.05) is 29.5 Å². The van der Waals surface area contributed by atoms with Gasteiger partial charge in [-0.2, -0.15) is 0 Å². The molecule has 3 aromatic rings. The first-order chi connectivity index (χ1) is 12.8. The first-order valence-electron chi connectivity index (χ1n) is 8.74. The molecule has 1 atom stereocenters. The molecular weight excluding hydrogens is 332 g/mol. The Morgan fingerprint density at radius 1 is 1.19 bits per heavy atom. The number of benzene rings is 2. The fraction of sp³-hybridized carbons (Fsp3) is 0.316. The highest BCUT2D eigenvalue weighted by atomic mass is 16.8. The standard InChI is InChI=1S/C19H20N4O3/c24-19(21-26-18-7-3-4-12-25-18)15-10-8-14(9-11-15)13-23-17-6-2-1-5-16(17)20-22-23/h1-2,5-6,8-11,18H,3-4,7,12-13H2,(H,21,24). The molecule has 0 bridgehead atoms.